The maximum Gasteiger partial charge on any atom is 0.227 e. The Morgan fingerprint density at radius 2 is 1.83 bits per heavy atom. The molecule has 0 saturated carbocycles. The van der Waals surface area contributed by atoms with Crippen LogP contribution < -0.4 is 10.2 Å². The van der Waals surface area contributed by atoms with Crippen LogP contribution in [0.2, 0.25) is 0 Å². The van der Waals surface area contributed by atoms with Gasteiger partial charge in [0.1, 0.15) is 0 Å². The van der Waals surface area contributed by atoms with Crippen molar-refractivity contribution in [3.63, 3.8) is 0 Å². The molecule has 0 aliphatic carbocycles. The summed E-state index contributed by atoms with van der Waals surface area (Å²) in [4.78, 5) is 30.4. The van der Waals surface area contributed by atoms with Crippen LogP contribution in [0.15, 0.2) is 53.9 Å². The maximum absolute atomic E-state index is 12.3. The van der Waals surface area contributed by atoms with Gasteiger partial charge in [0.05, 0.1) is 17.1 Å². The van der Waals surface area contributed by atoms with E-state index in [-0.39, 0.29) is 11.8 Å². The van der Waals surface area contributed by atoms with Crippen LogP contribution in [0, 0.1) is 6.92 Å². The topological polar surface area (TPSA) is 62.3 Å². The Morgan fingerprint density at radius 3 is 2.47 bits per heavy atom. The Hall–Kier alpha value is -2.99. The molecule has 1 aliphatic heterocycles. The third-order valence-corrected chi connectivity index (χ3v) is 6.06. The summed E-state index contributed by atoms with van der Waals surface area (Å²) in [6.45, 7) is 3.39. The highest BCUT2D eigenvalue weighted by atomic mass is 32.1. The van der Waals surface area contributed by atoms with Gasteiger partial charge in [0, 0.05) is 36.1 Å². The van der Waals surface area contributed by atoms with Gasteiger partial charge >= 0.3 is 0 Å². The van der Waals surface area contributed by atoms with Crippen LogP contribution in [0.25, 0.3) is 11.3 Å². The number of nitrogens with one attached hydrogen (secondary N) is 1. The van der Waals surface area contributed by atoms with Crippen molar-refractivity contribution < 1.29 is 9.59 Å². The molecular formula is C24H25N3O2S. The highest BCUT2D eigenvalue weighted by Gasteiger charge is 2.21. The lowest BCUT2D eigenvalue weighted by Gasteiger charge is -2.15. The summed E-state index contributed by atoms with van der Waals surface area (Å²) in [7, 11) is 0. The number of carbonyl (C=O) groups is 2. The van der Waals surface area contributed by atoms with Crippen molar-refractivity contribution in [2.24, 2.45) is 0 Å². The highest BCUT2D eigenvalue weighted by molar-refractivity contribution is 7.09. The molecule has 2 heterocycles. The highest BCUT2D eigenvalue weighted by Crippen LogP contribution is 2.23. The molecule has 1 N–H and O–H groups in total. The number of benzene rings is 2. The average molecular weight is 420 g/mol. The van der Waals surface area contributed by atoms with Gasteiger partial charge in [-0.25, -0.2) is 4.98 Å². The number of rotatable bonds is 7. The van der Waals surface area contributed by atoms with Gasteiger partial charge in [0.2, 0.25) is 11.8 Å². The molecule has 2 aromatic carbocycles. The van der Waals surface area contributed by atoms with Crippen LogP contribution in [-0.2, 0) is 22.4 Å². The van der Waals surface area contributed by atoms with E-state index in [9.17, 15) is 9.59 Å². The SMILES string of the molecule is Cc1nc(-c2ccc(CCNC(=O)Cc3ccc(N4CCCC4=O)cc3)cc2)cs1. The van der Waals surface area contributed by atoms with Gasteiger partial charge in [-0.05, 0) is 43.0 Å². The van der Waals surface area contributed by atoms with E-state index < -0.39 is 0 Å². The number of hydrogen-bond acceptors (Lipinski definition) is 4. The van der Waals surface area contributed by atoms with Crippen molar-refractivity contribution in [1.29, 1.82) is 0 Å². The van der Waals surface area contributed by atoms with Gasteiger partial charge < -0.3 is 10.2 Å². The summed E-state index contributed by atoms with van der Waals surface area (Å²) in [5.74, 6) is 0.185. The minimum absolute atomic E-state index is 0.00886. The first kappa shape index (κ1) is 20.3. The van der Waals surface area contributed by atoms with Crippen molar-refractivity contribution in [2.75, 3.05) is 18.0 Å². The molecule has 1 aromatic heterocycles. The predicted octanol–water partition coefficient (Wildman–Crippen LogP) is 4.15. The molecule has 5 nitrogen and oxygen atoms in total. The van der Waals surface area contributed by atoms with Crippen LogP contribution >= 0.6 is 11.3 Å². The second kappa shape index (κ2) is 9.22. The lowest BCUT2D eigenvalue weighted by Crippen LogP contribution is -2.27. The predicted molar refractivity (Wildman–Crippen MR) is 121 cm³/mol. The standard InChI is InChI=1S/C24H25N3O2S/c1-17-26-22(16-30-17)20-8-4-18(5-9-20)12-13-25-23(28)15-19-6-10-21(11-7-19)27-14-2-3-24(27)29/h4-11,16H,2-3,12-15H2,1H3,(H,25,28). The largest absolute Gasteiger partial charge is 0.355 e. The fourth-order valence-corrected chi connectivity index (χ4v) is 4.27. The first-order valence-corrected chi connectivity index (χ1v) is 11.1. The van der Waals surface area contributed by atoms with E-state index in [0.29, 0.717) is 19.4 Å². The Kier molecular flexibility index (Phi) is 6.23. The Balaban J connectivity index is 1.23. The van der Waals surface area contributed by atoms with E-state index in [2.05, 4.69) is 39.9 Å². The van der Waals surface area contributed by atoms with Crippen LogP contribution in [0.5, 0.6) is 0 Å². The number of aryl methyl sites for hydroxylation is 1. The van der Waals surface area contributed by atoms with E-state index in [0.717, 1.165) is 46.9 Å². The van der Waals surface area contributed by atoms with E-state index >= 15 is 0 Å². The van der Waals surface area contributed by atoms with Gasteiger partial charge in [-0.1, -0.05) is 36.4 Å². The Bertz CT molecular complexity index is 1030. The van der Waals surface area contributed by atoms with E-state index in [4.69, 9.17) is 0 Å². The fraction of sp³-hybridized carbons (Fsp3) is 0.292. The molecule has 4 rings (SSSR count). The molecule has 30 heavy (non-hydrogen) atoms. The third-order valence-electron chi connectivity index (χ3n) is 5.29. The molecule has 0 radical (unpaired) electrons. The van der Waals surface area contributed by atoms with Crippen molar-refractivity contribution >= 4 is 28.8 Å². The molecule has 0 atom stereocenters. The first-order chi connectivity index (χ1) is 14.6. The van der Waals surface area contributed by atoms with Crippen molar-refractivity contribution in [3.8, 4) is 11.3 Å². The van der Waals surface area contributed by atoms with Crippen molar-refractivity contribution in [2.45, 2.75) is 32.6 Å². The second-order valence-electron chi connectivity index (χ2n) is 7.54. The zero-order valence-electron chi connectivity index (χ0n) is 17.1. The summed E-state index contributed by atoms with van der Waals surface area (Å²) in [6.07, 6.45) is 2.67. The van der Waals surface area contributed by atoms with Gasteiger partial charge in [0.15, 0.2) is 0 Å². The summed E-state index contributed by atoms with van der Waals surface area (Å²) < 4.78 is 0. The second-order valence-corrected chi connectivity index (χ2v) is 8.60. The average Bonchev–Trinajstić information content (AvgIpc) is 3.37. The van der Waals surface area contributed by atoms with Gasteiger partial charge in [0.25, 0.3) is 0 Å². The number of hydrogen-bond donors (Lipinski definition) is 1. The lowest BCUT2D eigenvalue weighted by atomic mass is 10.1. The number of thiazole rings is 1. The number of anilines is 1. The van der Waals surface area contributed by atoms with Gasteiger partial charge in [-0.15, -0.1) is 11.3 Å². The summed E-state index contributed by atoms with van der Waals surface area (Å²) in [5, 5.41) is 6.13. The quantitative estimate of drug-likeness (QED) is 0.626. The molecule has 154 valence electrons. The normalized spacial score (nSPS) is 13.6. The molecule has 1 fully saturated rings. The molecule has 0 unspecified atom stereocenters. The number of nitrogens with zero attached hydrogens (tertiary/aromatic N) is 2. The zero-order valence-corrected chi connectivity index (χ0v) is 17.9. The zero-order chi connectivity index (χ0) is 20.9. The third kappa shape index (κ3) is 4.94. The smallest absolute Gasteiger partial charge is 0.227 e. The minimum atomic E-state index is 0.00886. The van der Waals surface area contributed by atoms with Crippen LogP contribution in [0.1, 0.15) is 29.0 Å². The number of carbonyl (C=O) groups excluding carboxylic acids is 2. The van der Waals surface area contributed by atoms with E-state index in [1.54, 1.807) is 11.3 Å². The van der Waals surface area contributed by atoms with Crippen LogP contribution in [0.4, 0.5) is 5.69 Å². The molecule has 0 bridgehead atoms. The molecular weight excluding hydrogens is 394 g/mol. The summed E-state index contributed by atoms with van der Waals surface area (Å²) >= 11 is 1.65. The molecule has 6 heteroatoms. The van der Waals surface area contributed by atoms with Gasteiger partial charge in [-0.3, -0.25) is 9.59 Å². The monoisotopic (exact) mass is 419 g/mol. The van der Waals surface area contributed by atoms with E-state index in [1.807, 2.05) is 36.1 Å². The molecule has 1 aliphatic rings. The number of aromatic nitrogens is 1. The minimum Gasteiger partial charge on any atom is -0.355 e. The maximum atomic E-state index is 12.3. The van der Waals surface area contributed by atoms with E-state index in [1.165, 1.54) is 5.56 Å². The first-order valence-electron chi connectivity index (χ1n) is 10.3. The van der Waals surface area contributed by atoms with Gasteiger partial charge in [-0.2, -0.15) is 0 Å². The number of amides is 2. The molecule has 1 saturated heterocycles. The summed E-state index contributed by atoms with van der Waals surface area (Å²) in [5.41, 5.74) is 5.18. The molecule has 0 spiro atoms. The molecule has 3 aromatic rings. The van der Waals surface area contributed by atoms with Crippen molar-refractivity contribution in [3.05, 3.63) is 70.0 Å². The van der Waals surface area contributed by atoms with Crippen molar-refractivity contribution in [1.82, 2.24) is 10.3 Å². The Morgan fingerprint density at radius 1 is 1.10 bits per heavy atom. The molecule has 2 amide bonds. The lowest BCUT2D eigenvalue weighted by molar-refractivity contribution is -0.120. The van der Waals surface area contributed by atoms with Crippen LogP contribution in [0.3, 0.4) is 0 Å². The van der Waals surface area contributed by atoms with Crippen LogP contribution in [-0.4, -0.2) is 29.9 Å². The Labute approximate surface area is 180 Å². The summed E-state index contributed by atoms with van der Waals surface area (Å²) in [6, 6.07) is 16.1. The fourth-order valence-electron chi connectivity index (χ4n) is 3.65.